The minimum Gasteiger partial charge on any atom is -0.0917 e. The number of benzene rings is 1. The van der Waals surface area contributed by atoms with Gasteiger partial charge in [0.15, 0.2) is 0 Å². The molecule has 0 amide bonds. The smallest absolute Gasteiger partial charge is 0.0126 e. The van der Waals surface area contributed by atoms with Crippen LogP contribution in [0.4, 0.5) is 0 Å². The van der Waals surface area contributed by atoms with Crippen molar-refractivity contribution >= 4 is 13.2 Å². The molecule has 0 bridgehead atoms. The molecule has 0 heterocycles. The summed E-state index contributed by atoms with van der Waals surface area (Å²) in [5.74, 6) is 0. The molecule has 0 aliphatic rings. The summed E-state index contributed by atoms with van der Waals surface area (Å²) in [4.78, 5) is 0. The van der Waals surface area contributed by atoms with Crippen LogP contribution in [0.5, 0.6) is 0 Å². The van der Waals surface area contributed by atoms with Gasteiger partial charge in [0.1, 0.15) is 0 Å². The van der Waals surface area contributed by atoms with E-state index < -0.39 is 0 Å². The Morgan fingerprint density at radius 3 is 1.31 bits per heavy atom. The molecular weight excluding hydrogens is 192 g/mol. The van der Waals surface area contributed by atoms with Gasteiger partial charge < -0.3 is 0 Å². The highest BCUT2D eigenvalue weighted by Crippen LogP contribution is 2.22. The predicted octanol–water partition coefficient (Wildman–Crippen LogP) is 3.10. The van der Waals surface area contributed by atoms with E-state index in [1.54, 1.807) is 0 Å². The van der Waals surface area contributed by atoms with E-state index in [9.17, 15) is 0 Å². The molecule has 1 aromatic carbocycles. The predicted molar refractivity (Wildman–Crippen MR) is 74.1 cm³/mol. The molecule has 0 fully saturated rings. The highest BCUT2D eigenvalue weighted by atomic mass is 14.2. The van der Waals surface area contributed by atoms with Crippen LogP contribution in [0.1, 0.15) is 52.7 Å². The van der Waals surface area contributed by atoms with Crippen LogP contribution in [0, 0.1) is 0 Å². The quantitative estimate of drug-likeness (QED) is 0.625. The Morgan fingerprint density at radius 1 is 0.750 bits per heavy atom. The van der Waals surface area contributed by atoms with Gasteiger partial charge in [-0.3, -0.25) is 0 Å². The SMILES string of the molecule is C=c1cc(C(C)(C)C)c(=C)c(C(C)(C)C)c1. The molecule has 1 aromatic rings. The van der Waals surface area contributed by atoms with Gasteiger partial charge in [0.05, 0.1) is 0 Å². The number of hydrogen-bond acceptors (Lipinski definition) is 0. The van der Waals surface area contributed by atoms with Crippen molar-refractivity contribution in [1.29, 1.82) is 0 Å². The Morgan fingerprint density at radius 2 is 1.06 bits per heavy atom. The van der Waals surface area contributed by atoms with Crippen LogP contribution in [0.15, 0.2) is 12.1 Å². The molecule has 0 aliphatic heterocycles. The van der Waals surface area contributed by atoms with Gasteiger partial charge in [-0.05, 0) is 32.4 Å². The lowest BCUT2D eigenvalue weighted by Gasteiger charge is -2.26. The van der Waals surface area contributed by atoms with Crippen molar-refractivity contribution in [1.82, 2.24) is 0 Å². The third-order valence-electron chi connectivity index (χ3n) is 2.93. The normalized spacial score (nSPS) is 12.9. The maximum absolute atomic E-state index is 4.27. The van der Waals surface area contributed by atoms with Crippen molar-refractivity contribution in [3.05, 3.63) is 33.7 Å². The Bertz CT molecular complexity index is 437. The zero-order valence-corrected chi connectivity index (χ0v) is 11.6. The Labute approximate surface area is 99.7 Å². The lowest BCUT2D eigenvalue weighted by atomic mass is 9.79. The summed E-state index contributed by atoms with van der Waals surface area (Å²) in [6.07, 6.45) is 0. The minimum atomic E-state index is 0.130. The summed E-state index contributed by atoms with van der Waals surface area (Å²) in [6, 6.07) is 4.33. The molecular formula is C16H24. The van der Waals surface area contributed by atoms with Crippen molar-refractivity contribution in [3.63, 3.8) is 0 Å². The van der Waals surface area contributed by atoms with E-state index >= 15 is 0 Å². The molecule has 0 atom stereocenters. The van der Waals surface area contributed by atoms with E-state index in [0.29, 0.717) is 0 Å². The largest absolute Gasteiger partial charge is 0.0917 e. The summed E-state index contributed by atoms with van der Waals surface area (Å²) in [7, 11) is 0. The van der Waals surface area contributed by atoms with Gasteiger partial charge in [0.25, 0.3) is 0 Å². The standard InChI is InChI=1S/C16H24/c1-11-9-13(15(3,4)5)12(2)14(10-11)16(6,7)8/h9-10H,1-2H2,3-8H3. The monoisotopic (exact) mass is 216 g/mol. The Balaban J connectivity index is 3.65. The zero-order valence-electron chi connectivity index (χ0n) is 11.6. The van der Waals surface area contributed by atoms with Crippen molar-refractivity contribution in [3.8, 4) is 0 Å². The second-order valence-corrected chi connectivity index (χ2v) is 6.67. The van der Waals surface area contributed by atoms with Gasteiger partial charge in [0, 0.05) is 0 Å². The van der Waals surface area contributed by atoms with Gasteiger partial charge in [-0.2, -0.15) is 0 Å². The van der Waals surface area contributed by atoms with Crippen molar-refractivity contribution in [2.75, 3.05) is 0 Å². The molecule has 16 heavy (non-hydrogen) atoms. The van der Waals surface area contributed by atoms with Crippen LogP contribution in [0.25, 0.3) is 13.2 Å². The van der Waals surface area contributed by atoms with E-state index in [0.717, 1.165) is 5.22 Å². The first-order valence-corrected chi connectivity index (χ1v) is 5.86. The van der Waals surface area contributed by atoms with Gasteiger partial charge in [-0.25, -0.2) is 0 Å². The van der Waals surface area contributed by atoms with Crippen LogP contribution in [-0.2, 0) is 10.8 Å². The van der Waals surface area contributed by atoms with Crippen LogP contribution < -0.4 is 10.4 Å². The number of rotatable bonds is 0. The van der Waals surface area contributed by atoms with Crippen molar-refractivity contribution < 1.29 is 0 Å². The van der Waals surface area contributed by atoms with E-state index in [2.05, 4.69) is 66.8 Å². The maximum Gasteiger partial charge on any atom is -0.0126 e. The molecule has 0 N–H and O–H groups in total. The fraction of sp³-hybridized carbons (Fsp3) is 0.500. The minimum absolute atomic E-state index is 0.130. The lowest BCUT2D eigenvalue weighted by molar-refractivity contribution is 0.560. The lowest BCUT2D eigenvalue weighted by Crippen LogP contribution is -2.32. The highest BCUT2D eigenvalue weighted by Gasteiger charge is 2.20. The van der Waals surface area contributed by atoms with Crippen LogP contribution in [-0.4, -0.2) is 0 Å². The summed E-state index contributed by atoms with van der Waals surface area (Å²) < 4.78 is 0. The van der Waals surface area contributed by atoms with Gasteiger partial charge in [-0.15, -0.1) is 0 Å². The highest BCUT2D eigenvalue weighted by molar-refractivity contribution is 5.38. The molecule has 0 aliphatic carbocycles. The molecule has 0 saturated carbocycles. The summed E-state index contributed by atoms with van der Waals surface area (Å²) in [5.41, 5.74) is 2.88. The van der Waals surface area contributed by atoms with E-state index in [4.69, 9.17) is 0 Å². The second-order valence-electron chi connectivity index (χ2n) is 6.67. The molecule has 88 valence electrons. The average molecular weight is 216 g/mol. The van der Waals surface area contributed by atoms with Gasteiger partial charge in [-0.1, -0.05) is 66.8 Å². The fourth-order valence-electron chi connectivity index (χ4n) is 2.07. The van der Waals surface area contributed by atoms with Crippen molar-refractivity contribution in [2.24, 2.45) is 0 Å². The Kier molecular flexibility index (Phi) is 3.06. The summed E-state index contributed by atoms with van der Waals surface area (Å²) >= 11 is 0. The molecule has 1 rings (SSSR count). The molecule has 0 unspecified atom stereocenters. The summed E-state index contributed by atoms with van der Waals surface area (Å²) in [6.45, 7) is 21.7. The van der Waals surface area contributed by atoms with E-state index in [1.165, 1.54) is 16.3 Å². The Hall–Kier alpha value is -1.04. The third-order valence-corrected chi connectivity index (χ3v) is 2.93. The van der Waals surface area contributed by atoms with Gasteiger partial charge >= 0.3 is 0 Å². The zero-order chi connectivity index (χ0) is 12.7. The molecule has 0 saturated heterocycles. The molecule has 0 aromatic heterocycles. The second kappa shape index (κ2) is 3.76. The van der Waals surface area contributed by atoms with E-state index in [-0.39, 0.29) is 10.8 Å². The van der Waals surface area contributed by atoms with Crippen LogP contribution in [0.3, 0.4) is 0 Å². The molecule has 0 radical (unpaired) electrons. The fourth-order valence-corrected chi connectivity index (χ4v) is 2.07. The molecule has 0 heteroatoms. The topological polar surface area (TPSA) is 0 Å². The average Bonchev–Trinajstić information content (AvgIpc) is 2.04. The molecule has 0 nitrogen and oxygen atoms in total. The first kappa shape index (κ1) is 13.0. The third kappa shape index (κ3) is 2.55. The summed E-state index contributed by atoms with van der Waals surface area (Å²) in [5, 5.41) is 2.26. The van der Waals surface area contributed by atoms with E-state index in [1.807, 2.05) is 0 Å². The van der Waals surface area contributed by atoms with Crippen LogP contribution in [0.2, 0.25) is 0 Å². The van der Waals surface area contributed by atoms with Crippen molar-refractivity contribution in [2.45, 2.75) is 52.4 Å². The first-order chi connectivity index (χ1) is 7.03. The number of hydrogen-bond donors (Lipinski definition) is 0. The first-order valence-electron chi connectivity index (χ1n) is 5.86. The van der Waals surface area contributed by atoms with Gasteiger partial charge in [0.2, 0.25) is 0 Å². The van der Waals surface area contributed by atoms with Crippen LogP contribution >= 0.6 is 0 Å². The molecule has 0 spiro atoms. The maximum atomic E-state index is 4.27.